The molecule has 0 bridgehead atoms. The summed E-state index contributed by atoms with van der Waals surface area (Å²) in [4.78, 5) is 0. The van der Waals surface area contributed by atoms with Crippen LogP contribution in [0.5, 0.6) is 0 Å². The molecule has 0 spiro atoms. The summed E-state index contributed by atoms with van der Waals surface area (Å²) in [6.45, 7) is 1.94. The molecular formula is C15H15BrClNO. The van der Waals surface area contributed by atoms with Crippen LogP contribution >= 0.6 is 27.5 Å². The molecule has 2 unspecified atom stereocenters. The molecule has 4 heteroatoms. The van der Waals surface area contributed by atoms with Crippen molar-refractivity contribution < 1.29 is 5.11 Å². The standard InChI is InChI=1S/C15H15BrClNO/c1-10(18-14-7-5-13(17)6-8-14)15(19)11-3-2-4-12(16)9-11/h2-10,15,18-19H,1H3. The number of hydrogen-bond donors (Lipinski definition) is 2. The number of nitrogens with one attached hydrogen (secondary N) is 1. The summed E-state index contributed by atoms with van der Waals surface area (Å²) in [6.07, 6.45) is -0.576. The maximum absolute atomic E-state index is 10.3. The van der Waals surface area contributed by atoms with Gasteiger partial charge in [0, 0.05) is 15.2 Å². The van der Waals surface area contributed by atoms with E-state index in [1.54, 1.807) is 0 Å². The molecule has 0 aromatic heterocycles. The molecule has 2 nitrogen and oxygen atoms in total. The molecule has 19 heavy (non-hydrogen) atoms. The smallest absolute Gasteiger partial charge is 0.0988 e. The van der Waals surface area contributed by atoms with E-state index in [1.165, 1.54) is 0 Å². The second-order valence-corrected chi connectivity index (χ2v) is 5.79. The number of hydrogen-bond acceptors (Lipinski definition) is 2. The maximum atomic E-state index is 10.3. The predicted molar refractivity (Wildman–Crippen MR) is 83.6 cm³/mol. The van der Waals surface area contributed by atoms with Crippen molar-refractivity contribution in [1.82, 2.24) is 0 Å². The highest BCUT2D eigenvalue weighted by Crippen LogP contribution is 2.23. The fourth-order valence-corrected chi connectivity index (χ4v) is 2.41. The number of rotatable bonds is 4. The Bertz CT molecular complexity index is 544. The lowest BCUT2D eigenvalue weighted by Crippen LogP contribution is -2.24. The van der Waals surface area contributed by atoms with E-state index in [9.17, 15) is 5.11 Å². The van der Waals surface area contributed by atoms with Gasteiger partial charge in [-0.05, 0) is 48.9 Å². The van der Waals surface area contributed by atoms with Crippen molar-refractivity contribution in [2.24, 2.45) is 0 Å². The van der Waals surface area contributed by atoms with Crippen molar-refractivity contribution in [1.29, 1.82) is 0 Å². The van der Waals surface area contributed by atoms with E-state index >= 15 is 0 Å². The van der Waals surface area contributed by atoms with E-state index in [2.05, 4.69) is 21.2 Å². The predicted octanol–water partition coefficient (Wildman–Crippen LogP) is 4.64. The Morgan fingerprint density at radius 1 is 1.16 bits per heavy atom. The number of anilines is 1. The topological polar surface area (TPSA) is 32.3 Å². The fourth-order valence-electron chi connectivity index (χ4n) is 1.87. The van der Waals surface area contributed by atoms with Crippen molar-refractivity contribution in [3.05, 3.63) is 63.6 Å². The minimum atomic E-state index is -0.576. The number of aliphatic hydroxyl groups excluding tert-OH is 1. The van der Waals surface area contributed by atoms with Gasteiger partial charge in [-0.1, -0.05) is 39.7 Å². The van der Waals surface area contributed by atoms with Crippen molar-refractivity contribution in [3.8, 4) is 0 Å². The molecule has 2 rings (SSSR count). The van der Waals surface area contributed by atoms with E-state index in [-0.39, 0.29) is 6.04 Å². The molecule has 100 valence electrons. The average Bonchev–Trinajstić information content (AvgIpc) is 2.40. The van der Waals surface area contributed by atoms with Gasteiger partial charge in [0.1, 0.15) is 0 Å². The van der Waals surface area contributed by atoms with E-state index in [1.807, 2.05) is 55.5 Å². The Kier molecular flexibility index (Phi) is 4.86. The van der Waals surface area contributed by atoms with Crippen molar-refractivity contribution >= 4 is 33.2 Å². The van der Waals surface area contributed by atoms with Gasteiger partial charge in [0.2, 0.25) is 0 Å². The Balaban J connectivity index is 2.07. The van der Waals surface area contributed by atoms with Crippen LogP contribution in [0.25, 0.3) is 0 Å². The van der Waals surface area contributed by atoms with Gasteiger partial charge in [-0.15, -0.1) is 0 Å². The molecule has 0 saturated carbocycles. The van der Waals surface area contributed by atoms with Crippen LogP contribution in [0, 0.1) is 0 Å². The monoisotopic (exact) mass is 339 g/mol. The van der Waals surface area contributed by atoms with Gasteiger partial charge in [-0.25, -0.2) is 0 Å². The Morgan fingerprint density at radius 3 is 2.47 bits per heavy atom. The molecule has 0 aliphatic heterocycles. The lowest BCUT2D eigenvalue weighted by atomic mass is 10.0. The van der Waals surface area contributed by atoms with Crippen LogP contribution in [0.4, 0.5) is 5.69 Å². The lowest BCUT2D eigenvalue weighted by molar-refractivity contribution is 0.160. The van der Waals surface area contributed by atoms with E-state index in [0.29, 0.717) is 5.02 Å². The highest BCUT2D eigenvalue weighted by atomic mass is 79.9. The second-order valence-electron chi connectivity index (χ2n) is 4.44. The number of benzene rings is 2. The van der Waals surface area contributed by atoms with Gasteiger partial charge in [0.25, 0.3) is 0 Å². The summed E-state index contributed by atoms with van der Waals surface area (Å²) >= 11 is 9.25. The summed E-state index contributed by atoms with van der Waals surface area (Å²) < 4.78 is 0.961. The third-order valence-electron chi connectivity index (χ3n) is 2.90. The number of halogens is 2. The van der Waals surface area contributed by atoms with Gasteiger partial charge in [-0.2, -0.15) is 0 Å². The molecule has 0 fully saturated rings. The summed E-state index contributed by atoms with van der Waals surface area (Å²) in [7, 11) is 0. The third-order valence-corrected chi connectivity index (χ3v) is 3.65. The normalized spacial score (nSPS) is 13.9. The molecule has 0 aliphatic carbocycles. The highest BCUT2D eigenvalue weighted by molar-refractivity contribution is 9.10. The highest BCUT2D eigenvalue weighted by Gasteiger charge is 2.16. The zero-order valence-corrected chi connectivity index (χ0v) is 12.8. The van der Waals surface area contributed by atoms with Crippen LogP contribution in [0.2, 0.25) is 5.02 Å². The van der Waals surface area contributed by atoms with Crippen molar-refractivity contribution in [3.63, 3.8) is 0 Å². The molecular weight excluding hydrogens is 326 g/mol. The molecule has 0 aliphatic rings. The van der Waals surface area contributed by atoms with E-state index < -0.39 is 6.10 Å². The Labute approximate surface area is 126 Å². The van der Waals surface area contributed by atoms with E-state index in [4.69, 9.17) is 11.6 Å². The van der Waals surface area contributed by atoms with Gasteiger partial charge >= 0.3 is 0 Å². The third kappa shape index (κ3) is 3.96. The molecule has 0 radical (unpaired) electrons. The zero-order valence-electron chi connectivity index (χ0n) is 10.5. The first-order valence-electron chi connectivity index (χ1n) is 6.02. The summed E-state index contributed by atoms with van der Waals surface area (Å²) in [5, 5.41) is 14.3. The first-order chi connectivity index (χ1) is 9.06. The SMILES string of the molecule is CC(Nc1ccc(Cl)cc1)C(O)c1cccc(Br)c1. The summed E-state index contributed by atoms with van der Waals surface area (Å²) in [6, 6.07) is 15.0. The van der Waals surface area contributed by atoms with Gasteiger partial charge in [0.15, 0.2) is 0 Å². The Hall–Kier alpha value is -1.03. The fraction of sp³-hybridized carbons (Fsp3) is 0.200. The quantitative estimate of drug-likeness (QED) is 0.850. The number of aliphatic hydroxyl groups is 1. The Morgan fingerprint density at radius 2 is 1.84 bits per heavy atom. The van der Waals surface area contributed by atoms with Crippen LogP contribution in [0.15, 0.2) is 53.0 Å². The van der Waals surface area contributed by atoms with E-state index in [0.717, 1.165) is 15.7 Å². The van der Waals surface area contributed by atoms with Crippen LogP contribution in [-0.2, 0) is 0 Å². The van der Waals surface area contributed by atoms with Crippen LogP contribution in [0.3, 0.4) is 0 Å². The zero-order chi connectivity index (χ0) is 13.8. The lowest BCUT2D eigenvalue weighted by Gasteiger charge is -2.22. The molecule has 2 aromatic rings. The van der Waals surface area contributed by atoms with Crippen LogP contribution in [-0.4, -0.2) is 11.1 Å². The minimum Gasteiger partial charge on any atom is -0.386 e. The average molecular weight is 341 g/mol. The molecule has 0 heterocycles. The van der Waals surface area contributed by atoms with Crippen molar-refractivity contribution in [2.45, 2.75) is 19.1 Å². The van der Waals surface area contributed by atoms with Gasteiger partial charge < -0.3 is 10.4 Å². The minimum absolute atomic E-state index is 0.101. The second kappa shape index (κ2) is 6.42. The largest absolute Gasteiger partial charge is 0.386 e. The molecule has 2 N–H and O–H groups in total. The molecule has 2 atom stereocenters. The van der Waals surface area contributed by atoms with Gasteiger partial charge in [-0.3, -0.25) is 0 Å². The molecule has 0 amide bonds. The molecule has 2 aromatic carbocycles. The van der Waals surface area contributed by atoms with Crippen molar-refractivity contribution in [2.75, 3.05) is 5.32 Å². The van der Waals surface area contributed by atoms with Gasteiger partial charge in [0.05, 0.1) is 12.1 Å². The first-order valence-corrected chi connectivity index (χ1v) is 7.19. The molecule has 0 saturated heterocycles. The first kappa shape index (κ1) is 14.4. The van der Waals surface area contributed by atoms with Crippen LogP contribution in [0.1, 0.15) is 18.6 Å². The maximum Gasteiger partial charge on any atom is 0.0988 e. The summed E-state index contributed by atoms with van der Waals surface area (Å²) in [5.74, 6) is 0. The van der Waals surface area contributed by atoms with Crippen LogP contribution < -0.4 is 5.32 Å². The summed E-state index contributed by atoms with van der Waals surface area (Å²) in [5.41, 5.74) is 1.81.